The number of thiophene rings is 1. The van der Waals surface area contributed by atoms with Gasteiger partial charge in [-0.25, -0.2) is 39.9 Å². The van der Waals surface area contributed by atoms with E-state index in [1.807, 2.05) is 60.7 Å². The minimum absolute atomic E-state index is 0.269. The molecule has 0 spiro atoms. The molecule has 0 radical (unpaired) electrons. The van der Waals surface area contributed by atoms with Crippen LogP contribution < -0.4 is 0 Å². The predicted molar refractivity (Wildman–Crippen MR) is 366 cm³/mol. The minimum Gasteiger partial charge on any atom is -0.456 e. The van der Waals surface area contributed by atoms with Crippen molar-refractivity contribution >= 4 is 86.2 Å². The Balaban J connectivity index is 0.000000135. The fourth-order valence-corrected chi connectivity index (χ4v) is 15.6. The zero-order valence-corrected chi connectivity index (χ0v) is 50.6. The molecule has 0 amide bonds. The average molecular weight is 1190 g/mol. The number of benzene rings is 10. The zero-order valence-electron chi connectivity index (χ0n) is 49.8. The standard InChI is InChI=1S/C41H26N4OS.C38H25N5O/c1-41(2)29-17-6-3-13-25(29)34-28(22-32-35(36(34)41)26-14-4-7-19-31(26)46-32)39-43-38(44-40(45-39)30-18-9-10-21-42-30)27-16-11-15-24-23-12-5-8-20-33(23)47-37(24)27;1-38(2)28-17-7-5-14-25(28)31-27(21-30-32(33(31)38)26-15-6-8-18-29(26)44-30)35-41-34(42-37(43-35)36-39-19-10-20-40-36)24-16-9-12-22-11-3-4-13-23(22)24/h3-22H,1-2H3;3-21H,1-2H3. The van der Waals surface area contributed by atoms with Crippen molar-refractivity contribution in [1.29, 1.82) is 0 Å². The molecule has 0 saturated heterocycles. The molecule has 0 saturated carbocycles. The molecular weight excluding hydrogens is 1140 g/mol. The van der Waals surface area contributed by atoms with Crippen LogP contribution in [0, 0.1) is 0 Å². The largest absolute Gasteiger partial charge is 0.456 e. The Morgan fingerprint density at radius 3 is 1.40 bits per heavy atom. The van der Waals surface area contributed by atoms with Gasteiger partial charge in [-0.2, -0.15) is 0 Å². The van der Waals surface area contributed by atoms with Crippen molar-refractivity contribution in [3.8, 4) is 91.0 Å². The lowest BCUT2D eigenvalue weighted by Gasteiger charge is -2.22. The van der Waals surface area contributed by atoms with E-state index in [0.29, 0.717) is 46.5 Å². The van der Waals surface area contributed by atoms with Crippen LogP contribution in [0.25, 0.3) is 166 Å². The lowest BCUT2D eigenvalue weighted by Crippen LogP contribution is -2.15. The summed E-state index contributed by atoms with van der Waals surface area (Å²) >= 11 is 1.77. The first-order valence-corrected chi connectivity index (χ1v) is 31.2. The smallest absolute Gasteiger partial charge is 0.201 e. The van der Waals surface area contributed by atoms with Crippen LogP contribution in [0.15, 0.2) is 246 Å². The fourth-order valence-electron chi connectivity index (χ4n) is 14.4. The maximum atomic E-state index is 6.57. The second-order valence-corrected chi connectivity index (χ2v) is 25.4. The molecule has 0 fully saturated rings. The number of nitrogens with zero attached hydrogens (tertiary/aromatic N) is 9. The highest BCUT2D eigenvalue weighted by molar-refractivity contribution is 7.26. The van der Waals surface area contributed by atoms with Crippen LogP contribution in [0.5, 0.6) is 0 Å². The Morgan fingerprint density at radius 2 is 0.769 bits per heavy atom. The minimum atomic E-state index is -0.274. The van der Waals surface area contributed by atoms with Crippen molar-refractivity contribution in [2.45, 2.75) is 38.5 Å². The van der Waals surface area contributed by atoms with Gasteiger partial charge in [0, 0.05) is 93.4 Å². The van der Waals surface area contributed by atoms with Crippen LogP contribution in [0.4, 0.5) is 0 Å². The van der Waals surface area contributed by atoms with Gasteiger partial charge in [-0.15, -0.1) is 11.3 Å². The van der Waals surface area contributed by atoms with Crippen molar-refractivity contribution in [2.75, 3.05) is 0 Å². The van der Waals surface area contributed by atoms with E-state index in [0.717, 1.165) is 92.7 Å². The number of rotatable bonds is 6. The van der Waals surface area contributed by atoms with E-state index in [9.17, 15) is 0 Å². The summed E-state index contributed by atoms with van der Waals surface area (Å²) in [5.41, 5.74) is 16.9. The Hall–Kier alpha value is -11.5. The van der Waals surface area contributed by atoms with E-state index in [4.69, 9.17) is 38.7 Å². The highest BCUT2D eigenvalue weighted by Gasteiger charge is 2.42. The third-order valence-electron chi connectivity index (χ3n) is 18.4. The summed E-state index contributed by atoms with van der Waals surface area (Å²) in [6, 6.07) is 75.2. The van der Waals surface area contributed by atoms with Crippen LogP contribution in [-0.4, -0.2) is 44.9 Å². The van der Waals surface area contributed by atoms with Crippen LogP contribution in [0.3, 0.4) is 0 Å². The molecule has 430 valence electrons. The first kappa shape index (κ1) is 52.6. The average Bonchev–Trinajstić information content (AvgIpc) is 1.56. The van der Waals surface area contributed by atoms with E-state index < -0.39 is 0 Å². The van der Waals surface area contributed by atoms with E-state index >= 15 is 0 Å². The molecule has 12 heteroatoms. The molecule has 17 aromatic rings. The lowest BCUT2D eigenvalue weighted by atomic mass is 9.80. The Bertz CT molecular complexity index is 5870. The fraction of sp³-hybridized carbons (Fsp3) is 0.0759. The van der Waals surface area contributed by atoms with Gasteiger partial charge in [0.1, 0.15) is 28.0 Å². The van der Waals surface area contributed by atoms with E-state index in [1.165, 1.54) is 48.9 Å². The summed E-state index contributed by atoms with van der Waals surface area (Å²) in [7, 11) is 0. The molecule has 10 aromatic carbocycles. The molecule has 0 unspecified atom stereocenters. The number of hydrogen-bond donors (Lipinski definition) is 0. The first-order valence-electron chi connectivity index (χ1n) is 30.4. The number of fused-ring (bicyclic) bond motifs is 18. The molecule has 91 heavy (non-hydrogen) atoms. The highest BCUT2D eigenvalue weighted by atomic mass is 32.1. The summed E-state index contributed by atoms with van der Waals surface area (Å²) in [6.07, 6.45) is 5.20. The molecule has 0 aliphatic heterocycles. The Kier molecular flexibility index (Phi) is 11.6. The summed E-state index contributed by atoms with van der Waals surface area (Å²) in [5, 5.41) is 9.13. The maximum absolute atomic E-state index is 6.57. The van der Waals surface area contributed by atoms with Crippen LogP contribution in [-0.2, 0) is 10.8 Å². The molecule has 19 rings (SSSR count). The predicted octanol–water partition coefficient (Wildman–Crippen LogP) is 19.9. The Labute approximate surface area is 525 Å². The molecule has 0 N–H and O–H groups in total. The topological polar surface area (TPSA) is 142 Å². The van der Waals surface area contributed by atoms with Gasteiger partial charge in [-0.1, -0.05) is 191 Å². The van der Waals surface area contributed by atoms with Crippen LogP contribution >= 0.6 is 11.3 Å². The number of furan rings is 2. The van der Waals surface area contributed by atoms with Crippen LogP contribution in [0.1, 0.15) is 49.9 Å². The number of aromatic nitrogens is 9. The van der Waals surface area contributed by atoms with Crippen LogP contribution in [0.2, 0.25) is 0 Å². The van der Waals surface area contributed by atoms with Gasteiger partial charge in [0.2, 0.25) is 5.82 Å². The van der Waals surface area contributed by atoms with Crippen molar-refractivity contribution in [3.05, 3.63) is 259 Å². The Morgan fingerprint density at radius 1 is 0.319 bits per heavy atom. The van der Waals surface area contributed by atoms with E-state index in [1.54, 1.807) is 36.0 Å². The molecule has 11 nitrogen and oxygen atoms in total. The van der Waals surface area contributed by atoms with Gasteiger partial charge < -0.3 is 8.83 Å². The third-order valence-corrected chi connectivity index (χ3v) is 19.6. The van der Waals surface area contributed by atoms with E-state index in [2.05, 4.69) is 194 Å². The lowest BCUT2D eigenvalue weighted by molar-refractivity contribution is 0.657. The normalized spacial score (nSPS) is 13.5. The van der Waals surface area contributed by atoms with Gasteiger partial charge in [0.05, 0.1) is 0 Å². The second-order valence-electron chi connectivity index (χ2n) is 24.3. The van der Waals surface area contributed by atoms with E-state index in [-0.39, 0.29) is 10.8 Å². The molecule has 2 aliphatic rings. The highest BCUT2D eigenvalue weighted by Crippen LogP contribution is 2.58. The molecule has 0 atom stereocenters. The van der Waals surface area contributed by atoms with Crippen molar-refractivity contribution in [1.82, 2.24) is 44.9 Å². The summed E-state index contributed by atoms with van der Waals surface area (Å²) in [5.74, 6) is 3.74. The molecule has 2 aliphatic carbocycles. The maximum Gasteiger partial charge on any atom is 0.201 e. The molecule has 7 aromatic heterocycles. The summed E-state index contributed by atoms with van der Waals surface area (Å²) < 4.78 is 15.5. The van der Waals surface area contributed by atoms with Gasteiger partial charge >= 0.3 is 0 Å². The van der Waals surface area contributed by atoms with Gasteiger partial charge in [-0.05, 0) is 110 Å². The van der Waals surface area contributed by atoms with Gasteiger partial charge in [0.25, 0.3) is 0 Å². The van der Waals surface area contributed by atoms with Gasteiger partial charge in [0.15, 0.2) is 34.9 Å². The number of hydrogen-bond acceptors (Lipinski definition) is 12. The third kappa shape index (κ3) is 8.08. The molecular formula is C79H51N9O2S. The van der Waals surface area contributed by atoms with Gasteiger partial charge in [-0.3, -0.25) is 4.98 Å². The monoisotopic (exact) mass is 1190 g/mol. The summed E-state index contributed by atoms with van der Waals surface area (Å²) in [6.45, 7) is 9.20. The quantitative estimate of drug-likeness (QED) is 0.157. The van der Waals surface area contributed by atoms with Crippen molar-refractivity contribution < 1.29 is 8.83 Å². The zero-order chi connectivity index (χ0) is 60.7. The summed E-state index contributed by atoms with van der Waals surface area (Å²) in [4.78, 5) is 44.4. The number of pyridine rings is 1. The SMILES string of the molecule is CC1(C)c2ccccc2-c2c(-c3nc(-c4ccccn4)nc(-c4cccc5c4sc4ccccc45)n3)cc3oc4ccccc4c3c21.CC1(C)c2ccccc2-c2c(-c3nc(-c4ncccn4)nc(-c4cccc5ccccc45)n3)cc3oc4ccccc4c3c21. The number of para-hydroxylation sites is 2. The van der Waals surface area contributed by atoms with Crippen molar-refractivity contribution in [3.63, 3.8) is 0 Å². The molecule has 0 bridgehead atoms. The first-order chi connectivity index (χ1) is 44.6. The second kappa shape index (κ2) is 20.0. The molecule has 7 heterocycles. The van der Waals surface area contributed by atoms with Crippen molar-refractivity contribution in [2.24, 2.45) is 0 Å².